The van der Waals surface area contributed by atoms with E-state index in [0.29, 0.717) is 11.1 Å². The topological polar surface area (TPSA) is 47.6 Å². The zero-order valence-corrected chi connectivity index (χ0v) is 24.9. The highest BCUT2D eigenvalue weighted by Gasteiger charge is 2.11. The smallest absolute Gasteiger partial charge is 0.0991 e. The van der Waals surface area contributed by atoms with Gasteiger partial charge in [-0.3, -0.25) is 0 Å². The molecule has 0 amide bonds. The maximum Gasteiger partial charge on any atom is 0.0991 e. The van der Waals surface area contributed by atoms with E-state index in [9.17, 15) is 10.5 Å². The third-order valence-electron chi connectivity index (χ3n) is 8.97. The monoisotopic (exact) mass is 582 g/mol. The molecular weight excluding hydrogens is 556 g/mol. The molecule has 0 spiro atoms. The maximum atomic E-state index is 9.35. The van der Waals surface area contributed by atoms with Crippen molar-refractivity contribution in [1.82, 2.24) is 0 Å². The van der Waals surface area contributed by atoms with E-state index in [-0.39, 0.29) is 0 Å². The molecule has 0 heterocycles. The largest absolute Gasteiger partial charge is 0.192 e. The molecule has 0 saturated carbocycles. The van der Waals surface area contributed by atoms with Crippen LogP contribution in [0.1, 0.15) is 11.1 Å². The Balaban J connectivity index is 1.58. The number of hydrogen-bond donors (Lipinski definition) is 0. The van der Waals surface area contributed by atoms with Crippen LogP contribution in [0.3, 0.4) is 0 Å². The van der Waals surface area contributed by atoms with E-state index in [4.69, 9.17) is 0 Å². The highest BCUT2D eigenvalue weighted by Crippen LogP contribution is 2.38. The number of nitriles is 2. The molecule has 0 atom stereocenters. The first-order chi connectivity index (χ1) is 22.7. The lowest BCUT2D eigenvalue weighted by atomic mass is 9.91. The molecular formula is C44H26N2. The van der Waals surface area contributed by atoms with E-state index in [1.165, 1.54) is 43.1 Å². The van der Waals surface area contributed by atoms with Gasteiger partial charge in [-0.1, -0.05) is 121 Å². The molecule has 0 N–H and O–H groups in total. The number of nitrogens with zero attached hydrogens (tertiary/aromatic N) is 2. The average Bonchev–Trinajstić information content (AvgIpc) is 3.14. The summed E-state index contributed by atoms with van der Waals surface area (Å²) in [5, 5.41) is 30.4. The van der Waals surface area contributed by atoms with Crippen LogP contribution in [-0.2, 0) is 0 Å². The van der Waals surface area contributed by atoms with Crippen molar-refractivity contribution in [3.8, 4) is 34.4 Å². The Hall–Kier alpha value is -6.48. The van der Waals surface area contributed by atoms with Crippen molar-refractivity contribution in [2.24, 2.45) is 0 Å². The number of fused-ring (bicyclic) bond motifs is 10. The van der Waals surface area contributed by atoms with E-state index in [0.717, 1.165) is 33.0 Å². The number of benzene rings is 7. The van der Waals surface area contributed by atoms with Crippen LogP contribution in [0.15, 0.2) is 158 Å². The van der Waals surface area contributed by atoms with Gasteiger partial charge in [0.2, 0.25) is 0 Å². The summed E-state index contributed by atoms with van der Waals surface area (Å²) < 4.78 is 0. The highest BCUT2D eigenvalue weighted by atomic mass is 14.2. The molecule has 8 aromatic carbocycles. The molecule has 0 fully saturated rings. The van der Waals surface area contributed by atoms with Crippen molar-refractivity contribution in [3.05, 3.63) is 169 Å². The Bertz CT molecular complexity index is 2390. The van der Waals surface area contributed by atoms with Crippen LogP contribution in [0.25, 0.3) is 76.1 Å². The van der Waals surface area contributed by atoms with Gasteiger partial charge in [-0.15, -0.1) is 0 Å². The first-order valence-electron chi connectivity index (χ1n) is 15.3. The molecule has 8 aromatic rings. The predicted molar refractivity (Wildman–Crippen MR) is 192 cm³/mol. The quantitative estimate of drug-likeness (QED) is 0.203. The van der Waals surface area contributed by atoms with Gasteiger partial charge in [0.05, 0.1) is 23.3 Å². The van der Waals surface area contributed by atoms with E-state index >= 15 is 0 Å². The molecule has 46 heavy (non-hydrogen) atoms. The molecule has 0 aliphatic heterocycles. The molecule has 8 rings (SSSR count). The lowest BCUT2D eigenvalue weighted by Gasteiger charge is -2.12. The van der Waals surface area contributed by atoms with E-state index in [1.54, 1.807) is 0 Å². The Kier molecular flexibility index (Phi) is 6.61. The molecule has 0 aliphatic rings. The lowest BCUT2D eigenvalue weighted by Crippen LogP contribution is -1.85. The van der Waals surface area contributed by atoms with Crippen LogP contribution < -0.4 is 0 Å². The summed E-state index contributed by atoms with van der Waals surface area (Å²) in [7, 11) is 0. The number of hydrogen-bond acceptors (Lipinski definition) is 2. The van der Waals surface area contributed by atoms with Crippen LogP contribution in [0.2, 0.25) is 0 Å². The highest BCUT2D eigenvalue weighted by molar-refractivity contribution is 6.26. The fourth-order valence-electron chi connectivity index (χ4n) is 6.70. The second-order valence-corrected chi connectivity index (χ2v) is 11.5. The molecule has 0 bridgehead atoms. The zero-order valence-electron chi connectivity index (χ0n) is 24.9. The molecule has 2 heteroatoms. The van der Waals surface area contributed by atoms with Gasteiger partial charge >= 0.3 is 0 Å². The van der Waals surface area contributed by atoms with Gasteiger partial charge in [0, 0.05) is 0 Å². The van der Waals surface area contributed by atoms with E-state index in [1.807, 2.05) is 48.5 Å². The first kappa shape index (κ1) is 27.1. The lowest BCUT2D eigenvalue weighted by molar-refractivity contribution is 1.48. The fourth-order valence-corrected chi connectivity index (χ4v) is 6.70. The molecule has 0 aliphatic carbocycles. The van der Waals surface area contributed by atoms with Crippen molar-refractivity contribution in [3.63, 3.8) is 0 Å². The van der Waals surface area contributed by atoms with Gasteiger partial charge in [0.1, 0.15) is 0 Å². The third kappa shape index (κ3) is 4.58. The average molecular weight is 583 g/mol. The fraction of sp³-hybridized carbons (Fsp3) is 0. The summed E-state index contributed by atoms with van der Waals surface area (Å²) in [6.45, 7) is 0. The van der Waals surface area contributed by atoms with E-state index < -0.39 is 0 Å². The standard InChI is InChI=1S/C44H26N2/c45-27-29-13-17-31(18-14-29)33-21-23-41-37-9-1-2-10-38(37)42-24-22-34(32-19-15-30(28-46)16-20-32)26-44(42)40-12-6-4-8-36(40)35-7-3-5-11-39(35)43(41)25-33/h1-26H. The minimum absolute atomic E-state index is 0.652. The SMILES string of the molecule is N#Cc1ccc(-c2ccc3c4ccccc4c4ccc(-c5ccc(C#N)cc5)cc4c4ccccc4c4ccccc4c3c2)cc1. The van der Waals surface area contributed by atoms with Crippen molar-refractivity contribution in [2.45, 2.75) is 0 Å². The summed E-state index contributed by atoms with van der Waals surface area (Å²) in [6, 6.07) is 59.6. The minimum Gasteiger partial charge on any atom is -0.192 e. The summed E-state index contributed by atoms with van der Waals surface area (Å²) in [5.74, 6) is 0. The van der Waals surface area contributed by atoms with Crippen molar-refractivity contribution in [2.75, 3.05) is 0 Å². The zero-order chi connectivity index (χ0) is 31.0. The van der Waals surface area contributed by atoms with Gasteiger partial charge in [0.25, 0.3) is 0 Å². The van der Waals surface area contributed by atoms with Crippen LogP contribution in [-0.4, -0.2) is 0 Å². The van der Waals surface area contributed by atoms with Gasteiger partial charge < -0.3 is 0 Å². The number of rotatable bonds is 2. The van der Waals surface area contributed by atoms with Crippen molar-refractivity contribution in [1.29, 1.82) is 10.5 Å². The van der Waals surface area contributed by atoms with Crippen LogP contribution in [0.5, 0.6) is 0 Å². The van der Waals surface area contributed by atoms with Crippen LogP contribution in [0.4, 0.5) is 0 Å². The third-order valence-corrected chi connectivity index (χ3v) is 8.97. The van der Waals surface area contributed by atoms with Gasteiger partial charge in [-0.05, 0) is 113 Å². The molecule has 0 saturated heterocycles. The summed E-state index contributed by atoms with van der Waals surface area (Å²) in [4.78, 5) is 0. The second-order valence-electron chi connectivity index (χ2n) is 11.5. The summed E-state index contributed by atoms with van der Waals surface area (Å²) >= 11 is 0. The molecule has 0 radical (unpaired) electrons. The van der Waals surface area contributed by atoms with Crippen LogP contribution >= 0.6 is 0 Å². The van der Waals surface area contributed by atoms with Gasteiger partial charge in [-0.2, -0.15) is 10.5 Å². The molecule has 2 nitrogen and oxygen atoms in total. The molecule has 212 valence electrons. The van der Waals surface area contributed by atoms with Gasteiger partial charge in [-0.25, -0.2) is 0 Å². The Labute approximate surface area is 267 Å². The summed E-state index contributed by atoms with van der Waals surface area (Å²) in [5.41, 5.74) is 5.66. The van der Waals surface area contributed by atoms with Crippen LogP contribution in [0, 0.1) is 22.7 Å². The minimum atomic E-state index is 0.652. The molecule has 0 unspecified atom stereocenters. The Morgan fingerprint density at radius 3 is 0.826 bits per heavy atom. The normalized spacial score (nSPS) is 11.0. The van der Waals surface area contributed by atoms with Gasteiger partial charge in [0.15, 0.2) is 0 Å². The second kappa shape index (κ2) is 11.2. The van der Waals surface area contributed by atoms with Crippen molar-refractivity contribution >= 4 is 53.9 Å². The Morgan fingerprint density at radius 2 is 0.522 bits per heavy atom. The van der Waals surface area contributed by atoms with E-state index in [2.05, 4.69) is 121 Å². The Morgan fingerprint density at radius 1 is 0.261 bits per heavy atom. The predicted octanol–water partition coefficient (Wildman–Crippen LogP) is 11.7. The molecule has 0 aromatic heterocycles. The van der Waals surface area contributed by atoms with Crippen molar-refractivity contribution < 1.29 is 0 Å². The maximum absolute atomic E-state index is 9.35. The summed E-state index contributed by atoms with van der Waals surface area (Å²) in [6.07, 6.45) is 0. The first-order valence-corrected chi connectivity index (χ1v) is 15.3.